The van der Waals surface area contributed by atoms with Crippen molar-refractivity contribution < 1.29 is 9.13 Å². The molecule has 18 heavy (non-hydrogen) atoms. The van der Waals surface area contributed by atoms with Crippen LogP contribution in [-0.4, -0.2) is 32.1 Å². The van der Waals surface area contributed by atoms with Crippen molar-refractivity contribution in [3.8, 4) is 0 Å². The molecule has 1 aromatic rings. The number of methoxy groups -OCH3 is 1. The molecule has 1 heterocycles. The first-order chi connectivity index (χ1) is 8.65. The van der Waals surface area contributed by atoms with Gasteiger partial charge in [0.05, 0.1) is 6.61 Å². The Kier molecular flexibility index (Phi) is 4.32. The molecule has 1 saturated heterocycles. The van der Waals surface area contributed by atoms with Gasteiger partial charge in [0, 0.05) is 25.3 Å². The van der Waals surface area contributed by atoms with Crippen molar-refractivity contribution in [3.63, 3.8) is 0 Å². The van der Waals surface area contributed by atoms with Crippen LogP contribution in [0.2, 0.25) is 0 Å². The summed E-state index contributed by atoms with van der Waals surface area (Å²) in [5.74, 6) is 0.334. The average molecular weight is 252 g/mol. The number of rotatable bonds is 4. The van der Waals surface area contributed by atoms with Gasteiger partial charge < -0.3 is 10.5 Å². The Hall–Kier alpha value is -0.970. The van der Waals surface area contributed by atoms with Crippen molar-refractivity contribution in [3.05, 3.63) is 35.1 Å². The summed E-state index contributed by atoms with van der Waals surface area (Å²) in [7, 11) is 3.64. The fourth-order valence-corrected chi connectivity index (χ4v) is 2.71. The molecule has 1 aliphatic rings. The summed E-state index contributed by atoms with van der Waals surface area (Å²) in [6.45, 7) is 2.01. The highest BCUT2D eigenvalue weighted by molar-refractivity contribution is 5.27. The molecule has 0 radical (unpaired) electrons. The van der Waals surface area contributed by atoms with Crippen LogP contribution in [0.4, 0.5) is 4.39 Å². The third-order valence-electron chi connectivity index (χ3n) is 3.73. The second kappa shape index (κ2) is 5.78. The van der Waals surface area contributed by atoms with Gasteiger partial charge in [-0.1, -0.05) is 12.1 Å². The molecule has 0 bridgehead atoms. The largest absolute Gasteiger partial charge is 0.380 e. The normalized spacial score (nSPS) is 24.7. The Morgan fingerprint density at radius 3 is 2.83 bits per heavy atom. The highest BCUT2D eigenvalue weighted by atomic mass is 19.1. The van der Waals surface area contributed by atoms with Crippen LogP contribution in [0.1, 0.15) is 23.6 Å². The number of halogens is 1. The summed E-state index contributed by atoms with van der Waals surface area (Å²) in [4.78, 5) is 2.25. The van der Waals surface area contributed by atoms with E-state index in [1.807, 2.05) is 12.1 Å². The first-order valence-corrected chi connectivity index (χ1v) is 6.33. The molecular formula is C14H21FN2O. The van der Waals surface area contributed by atoms with Crippen LogP contribution in [0.3, 0.4) is 0 Å². The predicted molar refractivity (Wildman–Crippen MR) is 69.6 cm³/mol. The zero-order chi connectivity index (χ0) is 13.1. The molecule has 2 atom stereocenters. The highest BCUT2D eigenvalue weighted by Gasteiger charge is 2.29. The van der Waals surface area contributed by atoms with Gasteiger partial charge in [-0.25, -0.2) is 4.39 Å². The van der Waals surface area contributed by atoms with Crippen LogP contribution < -0.4 is 5.73 Å². The summed E-state index contributed by atoms with van der Waals surface area (Å²) < 4.78 is 18.8. The molecule has 100 valence electrons. The second-order valence-electron chi connectivity index (χ2n) is 5.08. The molecule has 1 aromatic carbocycles. The van der Waals surface area contributed by atoms with E-state index < -0.39 is 0 Å². The Morgan fingerprint density at radius 1 is 1.50 bits per heavy atom. The molecule has 2 unspecified atom stereocenters. The summed E-state index contributed by atoms with van der Waals surface area (Å²) >= 11 is 0. The van der Waals surface area contributed by atoms with Crippen molar-refractivity contribution in [2.45, 2.75) is 19.1 Å². The van der Waals surface area contributed by atoms with E-state index in [2.05, 4.69) is 11.9 Å². The van der Waals surface area contributed by atoms with E-state index in [1.165, 1.54) is 0 Å². The number of likely N-dealkylation sites (tertiary alicyclic amines) is 1. The molecule has 1 fully saturated rings. The van der Waals surface area contributed by atoms with Gasteiger partial charge in [-0.2, -0.15) is 0 Å². The molecule has 0 amide bonds. The van der Waals surface area contributed by atoms with Crippen molar-refractivity contribution in [1.29, 1.82) is 0 Å². The quantitative estimate of drug-likeness (QED) is 0.889. The van der Waals surface area contributed by atoms with E-state index in [4.69, 9.17) is 10.5 Å². The van der Waals surface area contributed by atoms with E-state index in [9.17, 15) is 4.39 Å². The van der Waals surface area contributed by atoms with Gasteiger partial charge in [0.1, 0.15) is 5.82 Å². The van der Waals surface area contributed by atoms with E-state index in [-0.39, 0.29) is 11.9 Å². The lowest BCUT2D eigenvalue weighted by Gasteiger charge is -2.20. The van der Waals surface area contributed by atoms with E-state index >= 15 is 0 Å². The van der Waals surface area contributed by atoms with Gasteiger partial charge >= 0.3 is 0 Å². The van der Waals surface area contributed by atoms with Crippen LogP contribution in [0.5, 0.6) is 0 Å². The maximum atomic E-state index is 13.9. The van der Waals surface area contributed by atoms with E-state index in [1.54, 1.807) is 13.2 Å². The zero-order valence-corrected chi connectivity index (χ0v) is 11.0. The first kappa shape index (κ1) is 13.5. The number of ether oxygens (including phenoxy) is 1. The summed E-state index contributed by atoms with van der Waals surface area (Å²) in [5.41, 5.74) is 7.35. The molecule has 2 N–H and O–H groups in total. The average Bonchev–Trinajstić information content (AvgIpc) is 2.73. The molecule has 0 aromatic heterocycles. The minimum absolute atomic E-state index is 0.182. The molecule has 0 saturated carbocycles. The van der Waals surface area contributed by atoms with Crippen LogP contribution in [0, 0.1) is 11.7 Å². The van der Waals surface area contributed by atoms with Crippen LogP contribution >= 0.6 is 0 Å². The molecule has 0 aliphatic carbocycles. The van der Waals surface area contributed by atoms with Crippen molar-refractivity contribution in [2.24, 2.45) is 11.7 Å². The van der Waals surface area contributed by atoms with Gasteiger partial charge in [-0.3, -0.25) is 4.90 Å². The fraction of sp³-hybridized carbons (Fsp3) is 0.571. The number of nitrogens with two attached hydrogens (primary N) is 1. The van der Waals surface area contributed by atoms with Crippen LogP contribution in [0.25, 0.3) is 0 Å². The third-order valence-corrected chi connectivity index (χ3v) is 3.73. The zero-order valence-electron chi connectivity index (χ0n) is 11.0. The molecule has 2 rings (SSSR count). The predicted octanol–water partition coefficient (Wildman–Crippen LogP) is 1.92. The molecule has 0 spiro atoms. The standard InChI is InChI=1S/C14H21FN2O/c1-17-8-10(7-16)5-14(17)11-3-4-12(9-18-2)13(15)6-11/h3-4,6,10,14H,5,7-9,16H2,1-2H3. The highest BCUT2D eigenvalue weighted by Crippen LogP contribution is 2.34. The first-order valence-electron chi connectivity index (χ1n) is 6.33. The summed E-state index contributed by atoms with van der Waals surface area (Å²) in [6, 6.07) is 5.73. The maximum Gasteiger partial charge on any atom is 0.129 e. The van der Waals surface area contributed by atoms with Crippen LogP contribution in [-0.2, 0) is 11.3 Å². The topological polar surface area (TPSA) is 38.5 Å². The SMILES string of the molecule is COCc1ccc(C2CC(CN)CN2C)cc1F. The molecule has 3 nitrogen and oxygen atoms in total. The molecule has 4 heteroatoms. The Balaban J connectivity index is 2.16. The Bertz CT molecular complexity index is 411. The second-order valence-corrected chi connectivity index (χ2v) is 5.08. The lowest BCUT2D eigenvalue weighted by Crippen LogP contribution is -2.20. The van der Waals surface area contributed by atoms with Crippen molar-refractivity contribution in [1.82, 2.24) is 4.90 Å². The Morgan fingerprint density at radius 2 is 2.28 bits per heavy atom. The van der Waals surface area contributed by atoms with E-state index in [0.717, 1.165) is 18.5 Å². The van der Waals surface area contributed by atoms with Crippen molar-refractivity contribution >= 4 is 0 Å². The van der Waals surface area contributed by atoms with Crippen LogP contribution in [0.15, 0.2) is 18.2 Å². The minimum atomic E-state index is -0.182. The summed E-state index contributed by atoms with van der Waals surface area (Å²) in [5, 5.41) is 0. The van der Waals surface area contributed by atoms with E-state index in [0.29, 0.717) is 24.6 Å². The monoisotopic (exact) mass is 252 g/mol. The lowest BCUT2D eigenvalue weighted by atomic mass is 9.99. The Labute approximate surface area is 108 Å². The number of nitrogens with zero attached hydrogens (tertiary/aromatic N) is 1. The van der Waals surface area contributed by atoms with Crippen molar-refractivity contribution in [2.75, 3.05) is 27.2 Å². The summed E-state index contributed by atoms with van der Waals surface area (Å²) in [6.07, 6.45) is 1.01. The van der Waals surface area contributed by atoms with Gasteiger partial charge in [0.2, 0.25) is 0 Å². The molecular weight excluding hydrogens is 231 g/mol. The lowest BCUT2D eigenvalue weighted by molar-refractivity contribution is 0.181. The van der Waals surface area contributed by atoms with Gasteiger partial charge in [0.25, 0.3) is 0 Å². The fourth-order valence-electron chi connectivity index (χ4n) is 2.71. The molecule has 1 aliphatic heterocycles. The van der Waals surface area contributed by atoms with Gasteiger partial charge in [-0.05, 0) is 37.6 Å². The minimum Gasteiger partial charge on any atom is -0.380 e. The number of hydrogen-bond acceptors (Lipinski definition) is 3. The maximum absolute atomic E-state index is 13.9. The smallest absolute Gasteiger partial charge is 0.129 e. The third kappa shape index (κ3) is 2.71. The van der Waals surface area contributed by atoms with Gasteiger partial charge in [-0.15, -0.1) is 0 Å². The number of hydrogen-bond donors (Lipinski definition) is 1. The van der Waals surface area contributed by atoms with Gasteiger partial charge in [0.15, 0.2) is 0 Å². The number of benzene rings is 1.